The summed E-state index contributed by atoms with van der Waals surface area (Å²) in [6.45, 7) is 2.27. The number of nitrogens with one attached hydrogen (secondary N) is 1. The zero-order valence-electron chi connectivity index (χ0n) is 15.4. The number of halogens is 1. The molecule has 3 aromatic carbocycles. The summed E-state index contributed by atoms with van der Waals surface area (Å²) in [6, 6.07) is 20.4. The number of hydrogen-bond acceptors (Lipinski definition) is 3. The van der Waals surface area contributed by atoms with Crippen molar-refractivity contribution in [2.24, 2.45) is 0 Å². The molecule has 0 aliphatic heterocycles. The van der Waals surface area contributed by atoms with Gasteiger partial charge in [0.05, 0.1) is 11.4 Å². The fourth-order valence-corrected chi connectivity index (χ4v) is 3.16. The van der Waals surface area contributed by atoms with Gasteiger partial charge in [-0.25, -0.2) is 9.07 Å². The number of rotatable bonds is 5. The van der Waals surface area contributed by atoms with E-state index in [2.05, 4.69) is 46.0 Å². The smallest absolute Gasteiger partial charge is 0.273 e. The molecule has 0 aliphatic rings. The lowest BCUT2D eigenvalue weighted by molar-refractivity contribution is 0.0948. The fourth-order valence-electron chi connectivity index (χ4n) is 3.16. The lowest BCUT2D eigenvalue weighted by Gasteiger charge is -2.06. The first-order chi connectivity index (χ1) is 13.6. The molecule has 28 heavy (non-hydrogen) atoms. The van der Waals surface area contributed by atoms with E-state index in [1.54, 1.807) is 19.1 Å². The van der Waals surface area contributed by atoms with E-state index in [4.69, 9.17) is 0 Å². The van der Waals surface area contributed by atoms with Gasteiger partial charge in [-0.05, 0) is 53.9 Å². The van der Waals surface area contributed by atoms with Gasteiger partial charge in [0.2, 0.25) is 0 Å². The van der Waals surface area contributed by atoms with Gasteiger partial charge >= 0.3 is 0 Å². The van der Waals surface area contributed by atoms with Crippen molar-refractivity contribution in [3.05, 3.63) is 89.5 Å². The maximum absolute atomic E-state index is 13.1. The van der Waals surface area contributed by atoms with Crippen LogP contribution in [0, 0.1) is 12.7 Å². The quantitative estimate of drug-likeness (QED) is 0.577. The standard InChI is InChI=1S/C22H19FN4O/c1-15-21(25-26-27(15)20-10-8-19(23)9-11-20)22(28)24-13-12-16-6-7-17-4-2-3-5-18(17)14-16/h2-11,14H,12-13H2,1H3,(H,24,28). The number of fused-ring (bicyclic) bond motifs is 1. The van der Waals surface area contributed by atoms with Gasteiger partial charge in [0.15, 0.2) is 5.69 Å². The first-order valence-corrected chi connectivity index (χ1v) is 9.06. The van der Waals surface area contributed by atoms with Crippen LogP contribution < -0.4 is 5.32 Å². The van der Waals surface area contributed by atoms with Crippen LogP contribution in [0.3, 0.4) is 0 Å². The van der Waals surface area contributed by atoms with Gasteiger partial charge in [0, 0.05) is 6.54 Å². The summed E-state index contributed by atoms with van der Waals surface area (Å²) in [5.74, 6) is -0.597. The summed E-state index contributed by atoms with van der Waals surface area (Å²) in [5, 5.41) is 13.3. The van der Waals surface area contributed by atoms with Crippen LogP contribution in [0.15, 0.2) is 66.7 Å². The average molecular weight is 374 g/mol. The summed E-state index contributed by atoms with van der Waals surface area (Å²) < 4.78 is 14.6. The second-order valence-electron chi connectivity index (χ2n) is 6.60. The molecule has 0 fully saturated rings. The monoisotopic (exact) mass is 374 g/mol. The van der Waals surface area contributed by atoms with E-state index in [1.807, 2.05) is 12.1 Å². The fraction of sp³-hybridized carbons (Fsp3) is 0.136. The molecule has 0 saturated heterocycles. The highest BCUT2D eigenvalue weighted by atomic mass is 19.1. The van der Waals surface area contributed by atoms with Crippen molar-refractivity contribution in [2.75, 3.05) is 6.54 Å². The Balaban J connectivity index is 1.41. The Morgan fingerprint density at radius 2 is 1.79 bits per heavy atom. The first-order valence-electron chi connectivity index (χ1n) is 9.06. The van der Waals surface area contributed by atoms with Crippen molar-refractivity contribution in [3.8, 4) is 5.69 Å². The van der Waals surface area contributed by atoms with Crippen molar-refractivity contribution in [3.63, 3.8) is 0 Å². The minimum absolute atomic E-state index is 0.267. The number of carbonyl (C=O) groups is 1. The van der Waals surface area contributed by atoms with Gasteiger partial charge in [-0.15, -0.1) is 5.10 Å². The van der Waals surface area contributed by atoms with Crippen LogP contribution in [-0.2, 0) is 6.42 Å². The van der Waals surface area contributed by atoms with Crippen molar-refractivity contribution in [1.29, 1.82) is 0 Å². The summed E-state index contributed by atoms with van der Waals surface area (Å²) in [6.07, 6.45) is 0.724. The normalized spacial score (nSPS) is 10.9. The third-order valence-electron chi connectivity index (χ3n) is 4.69. The number of hydrogen-bond donors (Lipinski definition) is 1. The van der Waals surface area contributed by atoms with Gasteiger partial charge < -0.3 is 5.32 Å². The number of benzene rings is 3. The highest BCUT2D eigenvalue weighted by Gasteiger charge is 2.17. The Morgan fingerprint density at radius 3 is 2.57 bits per heavy atom. The molecule has 140 valence electrons. The molecule has 6 heteroatoms. The second kappa shape index (κ2) is 7.60. The number of nitrogens with zero attached hydrogens (tertiary/aromatic N) is 3. The average Bonchev–Trinajstić information content (AvgIpc) is 3.10. The van der Waals surface area contributed by atoms with Crippen LogP contribution in [0.1, 0.15) is 21.7 Å². The maximum Gasteiger partial charge on any atom is 0.273 e. The molecule has 0 spiro atoms. The van der Waals surface area contributed by atoms with Crippen molar-refractivity contribution < 1.29 is 9.18 Å². The molecule has 4 rings (SSSR count). The Morgan fingerprint density at radius 1 is 1.04 bits per heavy atom. The van der Waals surface area contributed by atoms with Gasteiger partial charge in [-0.1, -0.05) is 47.7 Å². The molecule has 4 aromatic rings. The second-order valence-corrected chi connectivity index (χ2v) is 6.60. The topological polar surface area (TPSA) is 59.8 Å². The molecular formula is C22H19FN4O. The Hall–Kier alpha value is -3.54. The van der Waals surface area contributed by atoms with E-state index >= 15 is 0 Å². The minimum atomic E-state index is -0.326. The van der Waals surface area contributed by atoms with E-state index in [9.17, 15) is 9.18 Å². The SMILES string of the molecule is Cc1c(C(=O)NCCc2ccc3ccccc3c2)nnn1-c1ccc(F)cc1. The van der Waals surface area contributed by atoms with Gasteiger partial charge in [-0.3, -0.25) is 4.79 Å². The van der Waals surface area contributed by atoms with E-state index < -0.39 is 0 Å². The van der Waals surface area contributed by atoms with Crippen LogP contribution in [0.5, 0.6) is 0 Å². The Labute approximate surface area is 161 Å². The number of carbonyl (C=O) groups excluding carboxylic acids is 1. The van der Waals surface area contributed by atoms with Crippen molar-refractivity contribution in [1.82, 2.24) is 20.3 Å². The van der Waals surface area contributed by atoms with Crippen LogP contribution in [0.4, 0.5) is 4.39 Å². The van der Waals surface area contributed by atoms with Crippen LogP contribution in [0.25, 0.3) is 16.5 Å². The summed E-state index contributed by atoms with van der Waals surface area (Å²) in [7, 11) is 0. The zero-order chi connectivity index (χ0) is 19.5. The molecule has 5 nitrogen and oxygen atoms in total. The van der Waals surface area contributed by atoms with Crippen molar-refractivity contribution in [2.45, 2.75) is 13.3 Å². The molecule has 1 N–H and O–H groups in total. The Bertz CT molecular complexity index is 1130. The molecule has 0 radical (unpaired) electrons. The summed E-state index contributed by atoms with van der Waals surface area (Å²) in [4.78, 5) is 12.5. The molecule has 0 unspecified atom stereocenters. The van der Waals surface area contributed by atoms with Crippen molar-refractivity contribution >= 4 is 16.7 Å². The van der Waals surface area contributed by atoms with Gasteiger partial charge in [0.25, 0.3) is 5.91 Å². The number of amides is 1. The predicted octanol–water partition coefficient (Wildman–Crippen LogP) is 3.84. The first kappa shape index (κ1) is 17.9. The lowest BCUT2D eigenvalue weighted by Crippen LogP contribution is -2.26. The van der Waals surface area contributed by atoms with E-state index in [0.29, 0.717) is 17.9 Å². The third kappa shape index (κ3) is 3.62. The molecule has 0 atom stereocenters. The van der Waals surface area contributed by atoms with Crippen LogP contribution >= 0.6 is 0 Å². The Kier molecular flexibility index (Phi) is 4.85. The van der Waals surface area contributed by atoms with Crippen LogP contribution in [0.2, 0.25) is 0 Å². The number of aromatic nitrogens is 3. The molecule has 1 amide bonds. The largest absolute Gasteiger partial charge is 0.350 e. The molecule has 1 heterocycles. The summed E-state index contributed by atoms with van der Waals surface area (Å²) >= 11 is 0. The highest BCUT2D eigenvalue weighted by molar-refractivity contribution is 5.93. The lowest BCUT2D eigenvalue weighted by atomic mass is 10.1. The van der Waals surface area contributed by atoms with Crippen LogP contribution in [-0.4, -0.2) is 27.4 Å². The van der Waals surface area contributed by atoms with E-state index in [-0.39, 0.29) is 17.4 Å². The van der Waals surface area contributed by atoms with Gasteiger partial charge in [0.1, 0.15) is 5.82 Å². The maximum atomic E-state index is 13.1. The highest BCUT2D eigenvalue weighted by Crippen LogP contribution is 2.16. The molecule has 0 aliphatic carbocycles. The minimum Gasteiger partial charge on any atom is -0.350 e. The molecule has 0 bridgehead atoms. The zero-order valence-corrected chi connectivity index (χ0v) is 15.4. The third-order valence-corrected chi connectivity index (χ3v) is 4.69. The van der Waals surface area contributed by atoms with Gasteiger partial charge in [-0.2, -0.15) is 0 Å². The summed E-state index contributed by atoms with van der Waals surface area (Å²) in [5.41, 5.74) is 2.69. The van der Waals surface area contributed by atoms with E-state index in [1.165, 1.54) is 27.6 Å². The molecule has 0 saturated carbocycles. The molecular weight excluding hydrogens is 355 g/mol. The predicted molar refractivity (Wildman–Crippen MR) is 106 cm³/mol. The van der Waals surface area contributed by atoms with E-state index in [0.717, 1.165) is 12.0 Å². The molecule has 1 aromatic heterocycles.